The van der Waals surface area contributed by atoms with E-state index in [1.165, 1.54) is 0 Å². The molecule has 0 aliphatic carbocycles. The molecule has 0 rings (SSSR count). The average molecular weight is 216 g/mol. The predicted octanol–water partition coefficient (Wildman–Crippen LogP) is -1.80. The smallest absolute Gasteiger partial charge is 0.396 e. The number of hydrogen-bond acceptors (Lipinski definition) is 5. The third-order valence-corrected chi connectivity index (χ3v) is 1.85. The van der Waals surface area contributed by atoms with Crippen LogP contribution in [0.15, 0.2) is 0 Å². The Labute approximate surface area is 74.8 Å². The van der Waals surface area contributed by atoms with E-state index < -0.39 is 33.2 Å². The summed E-state index contributed by atoms with van der Waals surface area (Å²) in [5.41, 5.74) is 0. The Morgan fingerprint density at radius 2 is 1.85 bits per heavy atom. The lowest BCUT2D eigenvalue weighted by atomic mass is 10.1. The average Bonchev–Trinajstić information content (AvgIpc) is 2.00. The van der Waals surface area contributed by atoms with Crippen molar-refractivity contribution in [3.63, 3.8) is 0 Å². The van der Waals surface area contributed by atoms with Crippen LogP contribution in [0.25, 0.3) is 0 Å². The minimum atomic E-state index is -4.70. The first-order chi connectivity index (χ1) is 5.90. The van der Waals surface area contributed by atoms with Gasteiger partial charge in [-0.05, 0) is 6.42 Å². The highest BCUT2D eigenvalue weighted by Gasteiger charge is 2.27. The second-order valence-corrected chi connectivity index (χ2v) is 3.59. The first-order valence-corrected chi connectivity index (χ1v) is 5.07. The first-order valence-electron chi connectivity index (χ1n) is 3.54. The molecule has 0 unspecified atom stereocenters. The van der Waals surface area contributed by atoms with E-state index in [2.05, 4.69) is 4.52 Å². The van der Waals surface area contributed by atoms with Gasteiger partial charge in [-0.2, -0.15) is 0 Å². The lowest BCUT2D eigenvalue weighted by Gasteiger charge is -2.20. The molecule has 0 aromatic rings. The Bertz CT molecular complexity index is 178. The summed E-state index contributed by atoms with van der Waals surface area (Å²) in [6.07, 6.45) is -2.84. The molecule has 0 aliphatic rings. The van der Waals surface area contributed by atoms with Crippen LogP contribution in [0.3, 0.4) is 0 Å². The molecule has 0 fully saturated rings. The van der Waals surface area contributed by atoms with E-state index in [9.17, 15) is 4.57 Å². The van der Waals surface area contributed by atoms with Crippen LogP contribution in [0, 0.1) is 0 Å². The molecular formula is C5H13O7P. The summed E-state index contributed by atoms with van der Waals surface area (Å²) in [5, 5.41) is 25.9. The second kappa shape index (κ2) is 5.66. The van der Waals surface area contributed by atoms with E-state index >= 15 is 0 Å². The molecule has 13 heavy (non-hydrogen) atoms. The van der Waals surface area contributed by atoms with Gasteiger partial charge < -0.3 is 25.1 Å². The van der Waals surface area contributed by atoms with E-state index in [0.717, 1.165) is 0 Å². The van der Waals surface area contributed by atoms with Crippen LogP contribution >= 0.6 is 7.82 Å². The monoisotopic (exact) mass is 216 g/mol. The molecule has 0 saturated heterocycles. The molecule has 0 heterocycles. The maximum absolute atomic E-state index is 10.3. The van der Waals surface area contributed by atoms with Crippen molar-refractivity contribution in [3.05, 3.63) is 0 Å². The van der Waals surface area contributed by atoms with Gasteiger partial charge in [-0.25, -0.2) is 4.57 Å². The molecule has 8 heteroatoms. The van der Waals surface area contributed by atoms with Gasteiger partial charge in [0.05, 0.1) is 12.7 Å². The van der Waals surface area contributed by atoms with Crippen molar-refractivity contribution in [1.82, 2.24) is 0 Å². The van der Waals surface area contributed by atoms with Crippen molar-refractivity contribution in [3.8, 4) is 0 Å². The molecule has 7 nitrogen and oxygen atoms in total. The van der Waals surface area contributed by atoms with Gasteiger partial charge in [-0.15, -0.1) is 0 Å². The summed E-state index contributed by atoms with van der Waals surface area (Å²) >= 11 is 0. The Balaban J connectivity index is 4.17. The lowest BCUT2D eigenvalue weighted by molar-refractivity contribution is -0.0228. The molecule has 0 aliphatic heterocycles. The largest absolute Gasteiger partial charge is 0.469 e. The quantitative estimate of drug-likeness (QED) is 0.331. The van der Waals surface area contributed by atoms with Crippen LogP contribution in [0.5, 0.6) is 0 Å². The number of aliphatic hydroxyl groups is 3. The zero-order chi connectivity index (χ0) is 10.5. The van der Waals surface area contributed by atoms with Gasteiger partial charge in [-0.3, -0.25) is 4.52 Å². The van der Waals surface area contributed by atoms with E-state index in [1.807, 2.05) is 0 Å². The molecular weight excluding hydrogens is 203 g/mol. The van der Waals surface area contributed by atoms with E-state index in [1.54, 1.807) is 0 Å². The number of aliphatic hydroxyl groups excluding tert-OH is 3. The van der Waals surface area contributed by atoms with Gasteiger partial charge in [0.1, 0.15) is 6.10 Å². The predicted molar refractivity (Wildman–Crippen MR) is 41.7 cm³/mol. The third kappa shape index (κ3) is 6.11. The van der Waals surface area contributed by atoms with E-state index in [0.29, 0.717) is 0 Å². The van der Waals surface area contributed by atoms with Crippen molar-refractivity contribution >= 4 is 7.82 Å². The highest BCUT2D eigenvalue weighted by atomic mass is 31.2. The fraction of sp³-hybridized carbons (Fsp3) is 1.00. The maximum Gasteiger partial charge on any atom is 0.469 e. The summed E-state index contributed by atoms with van der Waals surface area (Å²) in [6.45, 7) is -1.09. The minimum absolute atomic E-state index is 0.160. The minimum Gasteiger partial charge on any atom is -0.396 e. The van der Waals surface area contributed by atoms with Crippen molar-refractivity contribution in [2.75, 3.05) is 13.2 Å². The topological polar surface area (TPSA) is 127 Å². The number of rotatable bonds is 6. The van der Waals surface area contributed by atoms with Crippen molar-refractivity contribution in [1.29, 1.82) is 0 Å². The van der Waals surface area contributed by atoms with Crippen molar-refractivity contribution in [2.24, 2.45) is 0 Å². The van der Waals surface area contributed by atoms with Crippen LogP contribution in [0.4, 0.5) is 0 Å². The third-order valence-electron chi connectivity index (χ3n) is 1.30. The van der Waals surface area contributed by atoms with Gasteiger partial charge in [0.2, 0.25) is 0 Å². The standard InChI is InChI=1S/C5H13O7P/c6-2-1-5(4(8)3-7)12-13(9,10)11/h4-8H,1-3H2,(H2,9,10,11)/t4-,5+/m1/s1. The Morgan fingerprint density at radius 3 is 2.15 bits per heavy atom. The molecule has 80 valence electrons. The lowest BCUT2D eigenvalue weighted by Crippen LogP contribution is -2.32. The molecule has 2 atom stereocenters. The van der Waals surface area contributed by atoms with Gasteiger partial charge in [0.25, 0.3) is 0 Å². The van der Waals surface area contributed by atoms with Crippen molar-refractivity contribution < 1.29 is 34.2 Å². The van der Waals surface area contributed by atoms with Gasteiger partial charge in [-0.1, -0.05) is 0 Å². The summed E-state index contributed by atoms with van der Waals surface area (Å²) < 4.78 is 14.5. The molecule has 0 aromatic heterocycles. The molecule has 0 saturated carbocycles. The zero-order valence-electron chi connectivity index (χ0n) is 6.78. The molecule has 0 aromatic carbocycles. The molecule has 0 bridgehead atoms. The van der Waals surface area contributed by atoms with Gasteiger partial charge in [0, 0.05) is 6.61 Å². The van der Waals surface area contributed by atoms with Crippen molar-refractivity contribution in [2.45, 2.75) is 18.6 Å². The first kappa shape index (κ1) is 13.0. The number of phosphoric ester groups is 1. The fourth-order valence-corrected chi connectivity index (χ4v) is 1.34. The molecule has 0 radical (unpaired) electrons. The SMILES string of the molecule is O=P(O)(O)O[C@@H](CCO)[C@H](O)CO. The molecule has 0 amide bonds. The number of phosphoric acid groups is 1. The highest BCUT2D eigenvalue weighted by molar-refractivity contribution is 7.46. The van der Waals surface area contributed by atoms with E-state index in [4.69, 9.17) is 25.1 Å². The maximum atomic E-state index is 10.3. The summed E-state index contributed by atoms with van der Waals surface area (Å²) in [4.78, 5) is 16.7. The van der Waals surface area contributed by atoms with Crippen LogP contribution < -0.4 is 0 Å². The van der Waals surface area contributed by atoms with E-state index in [-0.39, 0.29) is 6.42 Å². The van der Waals surface area contributed by atoms with Crippen LogP contribution in [0.1, 0.15) is 6.42 Å². The Hall–Kier alpha value is -0.0100. The van der Waals surface area contributed by atoms with Crippen LogP contribution in [0.2, 0.25) is 0 Å². The molecule has 5 N–H and O–H groups in total. The Kier molecular flexibility index (Phi) is 5.66. The zero-order valence-corrected chi connectivity index (χ0v) is 7.67. The normalized spacial score (nSPS) is 17.0. The highest BCUT2D eigenvalue weighted by Crippen LogP contribution is 2.38. The van der Waals surface area contributed by atoms with Gasteiger partial charge in [0.15, 0.2) is 0 Å². The van der Waals surface area contributed by atoms with Crippen LogP contribution in [-0.2, 0) is 9.09 Å². The summed E-state index contributed by atoms with van der Waals surface area (Å²) in [7, 11) is -4.70. The second-order valence-electron chi connectivity index (χ2n) is 2.40. The Morgan fingerprint density at radius 1 is 1.31 bits per heavy atom. The number of hydrogen-bond donors (Lipinski definition) is 5. The van der Waals surface area contributed by atoms with Gasteiger partial charge >= 0.3 is 7.82 Å². The summed E-state index contributed by atoms with van der Waals surface area (Å²) in [6, 6.07) is 0. The van der Waals surface area contributed by atoms with Crippen LogP contribution in [-0.4, -0.2) is 50.5 Å². The molecule has 0 spiro atoms. The summed E-state index contributed by atoms with van der Waals surface area (Å²) in [5.74, 6) is 0. The fourth-order valence-electron chi connectivity index (χ4n) is 0.737.